The van der Waals surface area contributed by atoms with Crippen molar-refractivity contribution in [1.82, 2.24) is 0 Å². The van der Waals surface area contributed by atoms with Gasteiger partial charge in [0.05, 0.1) is 19.8 Å². The Morgan fingerprint density at radius 3 is 2.83 bits per heavy atom. The third kappa shape index (κ3) is 5.71. The van der Waals surface area contributed by atoms with Gasteiger partial charge in [-0.1, -0.05) is 15.9 Å². The van der Waals surface area contributed by atoms with Crippen molar-refractivity contribution in [3.63, 3.8) is 0 Å². The predicted octanol–water partition coefficient (Wildman–Crippen LogP) is 2.75. The first-order valence-corrected chi connectivity index (χ1v) is 6.45. The van der Waals surface area contributed by atoms with Crippen LogP contribution in [0.4, 0.5) is 4.39 Å². The second-order valence-corrected chi connectivity index (χ2v) is 4.72. The molecule has 5 heteroatoms. The Labute approximate surface area is 114 Å². The third-order valence-electron chi connectivity index (χ3n) is 2.35. The van der Waals surface area contributed by atoms with Crippen LogP contribution in [0, 0.1) is 5.82 Å². The predicted molar refractivity (Wildman–Crippen MR) is 70.1 cm³/mol. The van der Waals surface area contributed by atoms with Gasteiger partial charge in [0.2, 0.25) is 0 Å². The first-order valence-electron chi connectivity index (χ1n) is 5.66. The molecule has 1 aromatic rings. The smallest absolute Gasteiger partial charge is 0.139 e. The van der Waals surface area contributed by atoms with E-state index >= 15 is 0 Å². The van der Waals surface area contributed by atoms with Crippen molar-refractivity contribution >= 4 is 21.7 Å². The van der Waals surface area contributed by atoms with E-state index in [2.05, 4.69) is 15.9 Å². The molecule has 1 rings (SSSR count). The molecular formula is C13H16BrFO3. The lowest BCUT2D eigenvalue weighted by molar-refractivity contribution is -0.119. The molecule has 0 spiro atoms. The molecule has 0 radical (unpaired) electrons. The van der Waals surface area contributed by atoms with Gasteiger partial charge >= 0.3 is 0 Å². The maximum atomic E-state index is 13.4. The van der Waals surface area contributed by atoms with Crippen molar-refractivity contribution in [3.8, 4) is 0 Å². The fourth-order valence-corrected chi connectivity index (χ4v) is 1.82. The summed E-state index contributed by atoms with van der Waals surface area (Å²) >= 11 is 3.25. The maximum Gasteiger partial charge on any atom is 0.139 e. The van der Waals surface area contributed by atoms with Gasteiger partial charge in [-0.15, -0.1) is 0 Å². The van der Waals surface area contributed by atoms with E-state index in [4.69, 9.17) is 9.47 Å². The molecule has 0 atom stereocenters. The molecule has 0 bridgehead atoms. The molecule has 1 aromatic carbocycles. The summed E-state index contributed by atoms with van der Waals surface area (Å²) in [7, 11) is 1.59. The molecule has 0 aliphatic carbocycles. The number of hydrogen-bond donors (Lipinski definition) is 0. The van der Waals surface area contributed by atoms with Gasteiger partial charge in [0.1, 0.15) is 11.6 Å². The molecule has 100 valence electrons. The maximum absolute atomic E-state index is 13.4. The van der Waals surface area contributed by atoms with Crippen LogP contribution in [0.5, 0.6) is 0 Å². The van der Waals surface area contributed by atoms with Gasteiger partial charge in [-0.3, -0.25) is 4.79 Å². The molecule has 0 amide bonds. The fraction of sp³-hybridized carbons (Fsp3) is 0.462. The number of hydrogen-bond acceptors (Lipinski definition) is 3. The average molecular weight is 319 g/mol. The van der Waals surface area contributed by atoms with Gasteiger partial charge in [-0.05, 0) is 23.8 Å². The molecule has 0 heterocycles. The number of Topliss-reactive ketones (excluding diaryl/α,β-unsaturated/α-hetero) is 1. The first kappa shape index (κ1) is 15.3. The zero-order valence-electron chi connectivity index (χ0n) is 10.2. The quantitative estimate of drug-likeness (QED) is 0.691. The lowest BCUT2D eigenvalue weighted by atomic mass is 10.1. The van der Waals surface area contributed by atoms with Gasteiger partial charge < -0.3 is 9.47 Å². The topological polar surface area (TPSA) is 35.5 Å². The molecule has 0 fully saturated rings. The monoisotopic (exact) mass is 318 g/mol. The highest BCUT2D eigenvalue weighted by Crippen LogP contribution is 2.16. The second-order valence-electron chi connectivity index (χ2n) is 3.81. The lowest BCUT2D eigenvalue weighted by Crippen LogP contribution is -2.10. The Hall–Kier alpha value is -0.780. The van der Waals surface area contributed by atoms with Gasteiger partial charge in [0.15, 0.2) is 0 Å². The normalized spacial score (nSPS) is 10.6. The molecule has 3 nitrogen and oxygen atoms in total. The van der Waals surface area contributed by atoms with Crippen molar-refractivity contribution in [3.05, 3.63) is 34.1 Å². The SMILES string of the molecule is COCCOCCC(=O)Cc1cc(Br)ccc1F. The van der Waals surface area contributed by atoms with Crippen LogP contribution in [0.2, 0.25) is 0 Å². The number of carbonyl (C=O) groups excluding carboxylic acids is 1. The van der Waals surface area contributed by atoms with Crippen LogP contribution in [0.1, 0.15) is 12.0 Å². The number of rotatable bonds is 8. The Kier molecular flexibility index (Phi) is 7.08. The number of methoxy groups -OCH3 is 1. The molecule has 18 heavy (non-hydrogen) atoms. The first-order chi connectivity index (χ1) is 8.63. The Bertz CT molecular complexity index is 396. The fourth-order valence-electron chi connectivity index (χ4n) is 1.41. The Morgan fingerprint density at radius 2 is 2.11 bits per heavy atom. The van der Waals surface area contributed by atoms with Crippen LogP contribution < -0.4 is 0 Å². The van der Waals surface area contributed by atoms with Crippen LogP contribution in [-0.2, 0) is 20.7 Å². The molecule has 0 aliphatic rings. The standard InChI is InChI=1S/C13H16BrFO3/c1-17-6-7-18-5-4-12(16)9-10-8-11(14)2-3-13(10)15/h2-3,8H,4-7,9H2,1H3. The van der Waals surface area contributed by atoms with Gasteiger partial charge in [-0.25, -0.2) is 4.39 Å². The summed E-state index contributed by atoms with van der Waals surface area (Å²) in [6, 6.07) is 4.58. The minimum atomic E-state index is -0.355. The van der Waals surface area contributed by atoms with E-state index in [1.165, 1.54) is 6.07 Å². The van der Waals surface area contributed by atoms with E-state index in [1.807, 2.05) is 0 Å². The zero-order valence-corrected chi connectivity index (χ0v) is 11.8. The van der Waals surface area contributed by atoms with E-state index in [1.54, 1.807) is 19.2 Å². The molecule has 0 saturated heterocycles. The number of ketones is 1. The zero-order chi connectivity index (χ0) is 13.4. The summed E-state index contributed by atoms with van der Waals surface area (Å²) in [5.74, 6) is -0.392. The molecule has 0 saturated carbocycles. The lowest BCUT2D eigenvalue weighted by Gasteiger charge is -2.05. The Morgan fingerprint density at radius 1 is 1.33 bits per heavy atom. The van der Waals surface area contributed by atoms with Crippen LogP contribution in [-0.4, -0.2) is 32.7 Å². The summed E-state index contributed by atoms with van der Waals surface area (Å²) in [4.78, 5) is 11.6. The largest absolute Gasteiger partial charge is 0.382 e. The molecular weight excluding hydrogens is 303 g/mol. The minimum Gasteiger partial charge on any atom is -0.382 e. The van der Waals surface area contributed by atoms with Crippen molar-refractivity contribution in [2.45, 2.75) is 12.8 Å². The van der Waals surface area contributed by atoms with E-state index < -0.39 is 0 Å². The molecule has 0 aliphatic heterocycles. The molecule has 0 N–H and O–H groups in total. The highest BCUT2D eigenvalue weighted by atomic mass is 79.9. The highest BCUT2D eigenvalue weighted by molar-refractivity contribution is 9.10. The van der Waals surface area contributed by atoms with E-state index in [0.717, 1.165) is 4.47 Å². The molecule has 0 aromatic heterocycles. The third-order valence-corrected chi connectivity index (χ3v) is 2.85. The number of carbonyl (C=O) groups is 1. The van der Waals surface area contributed by atoms with E-state index in [0.29, 0.717) is 25.4 Å². The van der Waals surface area contributed by atoms with Gasteiger partial charge in [0.25, 0.3) is 0 Å². The van der Waals surface area contributed by atoms with Crippen LogP contribution in [0.25, 0.3) is 0 Å². The number of benzene rings is 1. The summed E-state index contributed by atoms with van der Waals surface area (Å²) in [5, 5.41) is 0. The second kappa shape index (κ2) is 8.34. The number of ether oxygens (including phenoxy) is 2. The van der Waals surface area contributed by atoms with Crippen molar-refractivity contribution < 1.29 is 18.7 Å². The van der Waals surface area contributed by atoms with Crippen molar-refractivity contribution in [1.29, 1.82) is 0 Å². The van der Waals surface area contributed by atoms with Crippen LogP contribution >= 0.6 is 15.9 Å². The van der Waals surface area contributed by atoms with E-state index in [9.17, 15) is 9.18 Å². The van der Waals surface area contributed by atoms with Gasteiger partial charge in [0, 0.05) is 24.4 Å². The number of halogens is 2. The average Bonchev–Trinajstić information content (AvgIpc) is 2.33. The van der Waals surface area contributed by atoms with Crippen molar-refractivity contribution in [2.24, 2.45) is 0 Å². The van der Waals surface area contributed by atoms with Gasteiger partial charge in [-0.2, -0.15) is 0 Å². The minimum absolute atomic E-state index is 0.0376. The van der Waals surface area contributed by atoms with Crippen molar-refractivity contribution in [2.75, 3.05) is 26.9 Å². The highest BCUT2D eigenvalue weighted by Gasteiger charge is 2.08. The summed E-state index contributed by atoms with van der Waals surface area (Å²) in [6.07, 6.45) is 0.384. The summed E-state index contributed by atoms with van der Waals surface area (Å²) in [5.41, 5.74) is 0.409. The van der Waals surface area contributed by atoms with E-state index in [-0.39, 0.29) is 24.4 Å². The Balaban J connectivity index is 2.33. The molecule has 0 unspecified atom stereocenters. The summed E-state index contributed by atoms with van der Waals surface area (Å²) < 4.78 is 24.2. The van der Waals surface area contributed by atoms with Crippen LogP contribution in [0.15, 0.2) is 22.7 Å². The summed E-state index contributed by atoms with van der Waals surface area (Å²) in [6.45, 7) is 1.32. The van der Waals surface area contributed by atoms with Crippen LogP contribution in [0.3, 0.4) is 0 Å².